The van der Waals surface area contributed by atoms with Gasteiger partial charge < -0.3 is 24.4 Å². The molecular weight excluding hydrogens is 514 g/mol. The van der Waals surface area contributed by atoms with E-state index in [-0.39, 0.29) is 5.95 Å². The Balaban J connectivity index is 1.03. The number of furan rings is 1. The Labute approximate surface area is 239 Å². The second-order valence-corrected chi connectivity index (χ2v) is 10.6. The number of nitriles is 1. The van der Waals surface area contributed by atoms with E-state index in [1.807, 2.05) is 30.3 Å². The number of fused-ring (bicyclic) bond motifs is 2. The topological polar surface area (TPSA) is 101 Å². The van der Waals surface area contributed by atoms with Gasteiger partial charge in [-0.1, -0.05) is 30.3 Å². The van der Waals surface area contributed by atoms with Crippen LogP contribution in [0.2, 0.25) is 0 Å². The van der Waals surface area contributed by atoms with E-state index < -0.39 is 6.09 Å². The van der Waals surface area contributed by atoms with Gasteiger partial charge in [0.25, 0.3) is 5.95 Å². The smallest absolute Gasteiger partial charge is 0.412 e. The van der Waals surface area contributed by atoms with Gasteiger partial charge in [0, 0.05) is 67.0 Å². The van der Waals surface area contributed by atoms with Gasteiger partial charge in [-0.15, -0.1) is 0 Å². The van der Waals surface area contributed by atoms with E-state index in [4.69, 9.17) is 14.9 Å². The maximum atomic E-state index is 11.0. The van der Waals surface area contributed by atoms with Crippen LogP contribution >= 0.6 is 0 Å². The highest BCUT2D eigenvalue weighted by molar-refractivity contribution is 5.86. The molecule has 3 heterocycles. The zero-order valence-corrected chi connectivity index (χ0v) is 23.0. The van der Waals surface area contributed by atoms with E-state index in [0.29, 0.717) is 11.1 Å². The van der Waals surface area contributed by atoms with E-state index in [1.54, 1.807) is 6.07 Å². The molecule has 1 fully saturated rings. The molecule has 0 atom stereocenters. The number of carbonyl (C=O) groups excluding carboxylic acids is 1. The number of primary amides is 1. The lowest BCUT2D eigenvalue weighted by atomic mass is 10.0. The number of unbranched alkanes of at least 4 members (excludes halogenated alkanes) is 1. The molecule has 208 valence electrons. The van der Waals surface area contributed by atoms with Crippen LogP contribution in [0.1, 0.15) is 29.5 Å². The van der Waals surface area contributed by atoms with Crippen LogP contribution in [0.3, 0.4) is 0 Å². The number of amides is 1. The van der Waals surface area contributed by atoms with Crippen molar-refractivity contribution in [3.8, 4) is 12.0 Å². The number of nitrogens with two attached hydrogens (primary N) is 1. The second-order valence-electron chi connectivity index (χ2n) is 10.6. The average molecular weight is 548 g/mol. The second kappa shape index (κ2) is 11.8. The van der Waals surface area contributed by atoms with Crippen molar-refractivity contribution in [2.75, 3.05) is 37.6 Å². The van der Waals surface area contributed by atoms with Crippen LogP contribution in [0.5, 0.6) is 5.95 Å². The lowest BCUT2D eigenvalue weighted by Crippen LogP contribution is -2.46. The van der Waals surface area contributed by atoms with Crippen LogP contribution in [-0.2, 0) is 13.0 Å². The summed E-state index contributed by atoms with van der Waals surface area (Å²) in [7, 11) is 0. The van der Waals surface area contributed by atoms with Crippen molar-refractivity contribution in [2.45, 2.75) is 25.8 Å². The van der Waals surface area contributed by atoms with Crippen LogP contribution in [0.15, 0.2) is 83.4 Å². The number of ether oxygens (including phenoxy) is 1. The fourth-order valence-corrected chi connectivity index (χ4v) is 5.78. The number of carbonyl (C=O) groups is 1. The maximum absolute atomic E-state index is 11.0. The quantitative estimate of drug-likeness (QED) is 0.230. The molecular formula is C33H33N5O3. The first kappa shape index (κ1) is 26.5. The molecule has 1 saturated heterocycles. The Morgan fingerprint density at radius 2 is 1.80 bits per heavy atom. The lowest BCUT2D eigenvalue weighted by Gasteiger charge is -2.36. The van der Waals surface area contributed by atoms with Gasteiger partial charge in [0.05, 0.1) is 11.6 Å². The summed E-state index contributed by atoms with van der Waals surface area (Å²) in [5.74, 6) is 0.112. The predicted octanol–water partition coefficient (Wildman–Crippen LogP) is 5.91. The third-order valence-corrected chi connectivity index (χ3v) is 7.87. The molecule has 0 bridgehead atoms. The molecule has 0 unspecified atom stereocenters. The molecule has 0 aliphatic carbocycles. The summed E-state index contributed by atoms with van der Waals surface area (Å²) < 4.78 is 12.7. The number of benzene rings is 3. The van der Waals surface area contributed by atoms with E-state index in [9.17, 15) is 10.1 Å². The first-order valence-electron chi connectivity index (χ1n) is 14.1. The van der Waals surface area contributed by atoms with Crippen LogP contribution in [0.25, 0.3) is 21.9 Å². The minimum Gasteiger partial charge on any atom is -0.425 e. The van der Waals surface area contributed by atoms with Crippen molar-refractivity contribution in [1.29, 1.82) is 5.26 Å². The number of anilines is 1. The standard InChI is InChI=1S/C33H33N5O3/c34-21-25-9-11-30-29(18-25)26(23-38(30)22-24-6-2-1-3-7-24)8-4-5-13-36-14-16-37(17-15-36)28-10-12-31-27(19-28)20-32(40-31)41-33(35)39/h1-3,6-7,9-12,18-20,23H,4-5,8,13-17,22H2,(H2,35,39). The molecule has 2 N–H and O–H groups in total. The van der Waals surface area contributed by atoms with Gasteiger partial charge in [0.15, 0.2) is 0 Å². The highest BCUT2D eigenvalue weighted by Gasteiger charge is 2.18. The predicted molar refractivity (Wildman–Crippen MR) is 160 cm³/mol. The normalized spacial score (nSPS) is 14.0. The fraction of sp³-hybridized carbons (Fsp3) is 0.273. The molecule has 1 aliphatic heterocycles. The molecule has 2 aromatic heterocycles. The Morgan fingerprint density at radius 3 is 2.59 bits per heavy atom. The van der Waals surface area contributed by atoms with E-state index in [2.05, 4.69) is 63.0 Å². The molecule has 1 aliphatic rings. The zero-order valence-electron chi connectivity index (χ0n) is 23.0. The summed E-state index contributed by atoms with van der Waals surface area (Å²) in [5, 5.41) is 11.5. The number of hydrogen-bond acceptors (Lipinski definition) is 6. The largest absolute Gasteiger partial charge is 0.425 e. The first-order valence-corrected chi connectivity index (χ1v) is 14.1. The van der Waals surface area contributed by atoms with Crippen molar-refractivity contribution in [3.63, 3.8) is 0 Å². The maximum Gasteiger partial charge on any atom is 0.412 e. The monoisotopic (exact) mass is 547 g/mol. The van der Waals surface area contributed by atoms with Crippen molar-refractivity contribution >= 4 is 33.7 Å². The van der Waals surface area contributed by atoms with E-state index >= 15 is 0 Å². The first-order chi connectivity index (χ1) is 20.1. The Hall–Kier alpha value is -4.74. The average Bonchev–Trinajstić information content (AvgIpc) is 3.55. The van der Waals surface area contributed by atoms with Crippen molar-refractivity contribution < 1.29 is 13.9 Å². The Morgan fingerprint density at radius 1 is 0.976 bits per heavy atom. The molecule has 1 amide bonds. The lowest BCUT2D eigenvalue weighted by molar-refractivity contribution is 0.199. The molecule has 0 radical (unpaired) electrons. The van der Waals surface area contributed by atoms with Gasteiger partial charge in [-0.3, -0.25) is 4.90 Å². The van der Waals surface area contributed by atoms with Gasteiger partial charge in [0.2, 0.25) is 0 Å². The molecule has 3 aromatic carbocycles. The fourth-order valence-electron chi connectivity index (χ4n) is 5.78. The van der Waals surface area contributed by atoms with Crippen molar-refractivity contribution in [2.24, 2.45) is 5.73 Å². The third kappa shape index (κ3) is 6.06. The van der Waals surface area contributed by atoms with Crippen LogP contribution in [0.4, 0.5) is 10.5 Å². The summed E-state index contributed by atoms with van der Waals surface area (Å²) in [4.78, 5) is 15.9. The minimum atomic E-state index is -0.886. The van der Waals surface area contributed by atoms with E-state index in [0.717, 1.165) is 69.6 Å². The highest BCUT2D eigenvalue weighted by Crippen LogP contribution is 2.30. The van der Waals surface area contributed by atoms with Gasteiger partial charge in [-0.05, 0) is 73.3 Å². The number of aromatic nitrogens is 1. The number of piperazine rings is 1. The molecule has 0 spiro atoms. The number of aryl methyl sites for hydroxylation is 1. The summed E-state index contributed by atoms with van der Waals surface area (Å²) in [6.45, 7) is 5.84. The molecule has 5 aromatic rings. The van der Waals surface area contributed by atoms with Crippen molar-refractivity contribution in [3.05, 3.63) is 95.7 Å². The Bertz CT molecular complexity index is 1710. The number of hydrogen-bond donors (Lipinski definition) is 1. The SMILES string of the molecule is N#Cc1ccc2c(c1)c(CCCCN1CCN(c3ccc4oc(OC(N)=O)cc4c3)CC1)cn2Cc1ccccc1. The van der Waals surface area contributed by atoms with E-state index in [1.165, 1.54) is 22.0 Å². The highest BCUT2D eigenvalue weighted by atomic mass is 16.6. The van der Waals surface area contributed by atoms with Crippen LogP contribution in [-0.4, -0.2) is 48.3 Å². The molecule has 6 rings (SSSR count). The molecule has 0 saturated carbocycles. The number of nitrogens with zero attached hydrogens (tertiary/aromatic N) is 4. The van der Waals surface area contributed by atoms with Crippen LogP contribution in [0, 0.1) is 11.3 Å². The summed E-state index contributed by atoms with van der Waals surface area (Å²) in [6.07, 6.45) is 4.63. The third-order valence-electron chi connectivity index (χ3n) is 7.87. The van der Waals surface area contributed by atoms with Crippen LogP contribution < -0.4 is 15.4 Å². The summed E-state index contributed by atoms with van der Waals surface area (Å²) in [5.41, 5.74) is 11.4. The minimum absolute atomic E-state index is 0.112. The van der Waals surface area contributed by atoms with Crippen molar-refractivity contribution in [1.82, 2.24) is 9.47 Å². The van der Waals surface area contributed by atoms with Gasteiger partial charge in [-0.2, -0.15) is 5.26 Å². The van der Waals surface area contributed by atoms with Gasteiger partial charge >= 0.3 is 6.09 Å². The molecule has 8 heteroatoms. The molecule has 8 nitrogen and oxygen atoms in total. The number of rotatable bonds is 9. The molecule has 41 heavy (non-hydrogen) atoms. The Kier molecular flexibility index (Phi) is 7.61. The summed E-state index contributed by atoms with van der Waals surface area (Å²) >= 11 is 0. The zero-order chi connectivity index (χ0) is 28.2. The van der Waals surface area contributed by atoms with Gasteiger partial charge in [0.1, 0.15) is 5.58 Å². The van der Waals surface area contributed by atoms with Gasteiger partial charge in [-0.25, -0.2) is 4.79 Å². The summed E-state index contributed by atoms with van der Waals surface area (Å²) in [6, 6.07) is 26.5.